The molecule has 0 aromatic rings. The van der Waals surface area contributed by atoms with Gasteiger partial charge in [0, 0.05) is 32.2 Å². The summed E-state index contributed by atoms with van der Waals surface area (Å²) >= 11 is 0. The predicted octanol–water partition coefficient (Wildman–Crippen LogP) is 1.93. The second-order valence-corrected chi connectivity index (χ2v) is 6.57. The molecule has 1 amide bonds. The average Bonchev–Trinajstić information content (AvgIpc) is 2.80. The zero-order valence-corrected chi connectivity index (χ0v) is 13.7. The number of likely N-dealkylation sites (tertiary alicyclic amines) is 1. The number of carbonyl (C=O) groups excluding carboxylic acids is 1. The van der Waals surface area contributed by atoms with Gasteiger partial charge in [-0.2, -0.15) is 0 Å². The van der Waals surface area contributed by atoms with Gasteiger partial charge in [-0.1, -0.05) is 6.92 Å². The highest BCUT2D eigenvalue weighted by atomic mass is 16.6. The molecule has 1 N–H and O–H groups in total. The minimum absolute atomic E-state index is 0.174. The topological polar surface area (TPSA) is 44.8 Å². The van der Waals surface area contributed by atoms with E-state index >= 15 is 0 Å². The molecule has 0 spiro atoms. The lowest BCUT2D eigenvalue weighted by Gasteiger charge is -2.29. The van der Waals surface area contributed by atoms with Crippen molar-refractivity contribution in [3.8, 4) is 0 Å². The third-order valence-electron chi connectivity index (χ3n) is 3.60. The number of hydrogen-bond donors (Lipinski definition) is 1. The fraction of sp³-hybridized carbons (Fsp3) is 0.933. The van der Waals surface area contributed by atoms with Gasteiger partial charge in [-0.25, -0.2) is 4.79 Å². The molecule has 1 fully saturated rings. The van der Waals surface area contributed by atoms with E-state index in [2.05, 4.69) is 24.2 Å². The van der Waals surface area contributed by atoms with Gasteiger partial charge in [-0.15, -0.1) is 0 Å². The van der Waals surface area contributed by atoms with Crippen LogP contribution >= 0.6 is 0 Å². The standard InChI is InChI=1S/C15H31N3O2/c1-6-17(5)11-9-16-12-13-8-7-10-18(13)14(19)20-15(2,3)4/h13,16H,6-12H2,1-5H3. The molecule has 1 heterocycles. The Labute approximate surface area is 123 Å². The van der Waals surface area contributed by atoms with Gasteiger partial charge in [-0.05, 0) is 47.2 Å². The average molecular weight is 285 g/mol. The molecule has 0 aliphatic carbocycles. The molecule has 1 saturated heterocycles. The van der Waals surface area contributed by atoms with Crippen molar-refractivity contribution in [1.82, 2.24) is 15.1 Å². The number of amides is 1. The van der Waals surface area contributed by atoms with Crippen molar-refractivity contribution in [3.63, 3.8) is 0 Å². The Hall–Kier alpha value is -0.810. The highest BCUT2D eigenvalue weighted by Crippen LogP contribution is 2.20. The van der Waals surface area contributed by atoms with Gasteiger partial charge in [-0.3, -0.25) is 0 Å². The fourth-order valence-corrected chi connectivity index (χ4v) is 2.31. The summed E-state index contributed by atoms with van der Waals surface area (Å²) in [6.07, 6.45) is 1.96. The van der Waals surface area contributed by atoms with Crippen LogP contribution in [0.3, 0.4) is 0 Å². The van der Waals surface area contributed by atoms with E-state index in [9.17, 15) is 4.79 Å². The van der Waals surface area contributed by atoms with E-state index in [-0.39, 0.29) is 12.1 Å². The van der Waals surface area contributed by atoms with Crippen LogP contribution in [0.4, 0.5) is 4.79 Å². The number of nitrogens with zero attached hydrogens (tertiary/aromatic N) is 2. The van der Waals surface area contributed by atoms with E-state index in [0.717, 1.165) is 45.6 Å². The summed E-state index contributed by atoms with van der Waals surface area (Å²) in [4.78, 5) is 16.3. The summed E-state index contributed by atoms with van der Waals surface area (Å²) in [5, 5.41) is 3.45. The van der Waals surface area contributed by atoms with Crippen LogP contribution < -0.4 is 5.32 Å². The molecule has 0 aromatic carbocycles. The van der Waals surface area contributed by atoms with Crippen LogP contribution in [0.1, 0.15) is 40.5 Å². The largest absolute Gasteiger partial charge is 0.444 e. The number of hydrogen-bond acceptors (Lipinski definition) is 4. The first-order valence-corrected chi connectivity index (χ1v) is 7.72. The second kappa shape index (κ2) is 7.84. The van der Waals surface area contributed by atoms with E-state index in [1.165, 1.54) is 0 Å². The van der Waals surface area contributed by atoms with Crippen molar-refractivity contribution >= 4 is 6.09 Å². The molecule has 5 heteroatoms. The fourth-order valence-electron chi connectivity index (χ4n) is 2.31. The molecule has 0 radical (unpaired) electrons. The van der Waals surface area contributed by atoms with Crippen LogP contribution in [0.5, 0.6) is 0 Å². The Balaban J connectivity index is 2.32. The summed E-state index contributed by atoms with van der Waals surface area (Å²) in [6, 6.07) is 0.275. The third-order valence-corrected chi connectivity index (χ3v) is 3.60. The van der Waals surface area contributed by atoms with Crippen LogP contribution in [-0.2, 0) is 4.74 Å². The Morgan fingerprint density at radius 1 is 1.45 bits per heavy atom. The highest BCUT2D eigenvalue weighted by molar-refractivity contribution is 5.69. The van der Waals surface area contributed by atoms with E-state index in [0.29, 0.717) is 0 Å². The summed E-state index contributed by atoms with van der Waals surface area (Å²) in [7, 11) is 2.12. The first-order valence-electron chi connectivity index (χ1n) is 7.72. The number of carbonyl (C=O) groups is 1. The van der Waals surface area contributed by atoms with E-state index in [1.807, 2.05) is 25.7 Å². The lowest BCUT2D eigenvalue weighted by molar-refractivity contribution is 0.0226. The molecule has 1 aliphatic rings. The molecule has 1 unspecified atom stereocenters. The third kappa shape index (κ3) is 6.09. The van der Waals surface area contributed by atoms with Gasteiger partial charge < -0.3 is 19.9 Å². The SMILES string of the molecule is CCN(C)CCNCC1CCCN1C(=O)OC(C)(C)C. The zero-order chi connectivity index (χ0) is 15.2. The number of likely N-dealkylation sites (N-methyl/N-ethyl adjacent to an activating group) is 1. The smallest absolute Gasteiger partial charge is 0.410 e. The predicted molar refractivity (Wildman–Crippen MR) is 82.0 cm³/mol. The summed E-state index contributed by atoms with van der Waals surface area (Å²) in [5.74, 6) is 0. The number of ether oxygens (including phenoxy) is 1. The van der Waals surface area contributed by atoms with E-state index in [1.54, 1.807) is 0 Å². The lowest BCUT2D eigenvalue weighted by Crippen LogP contribution is -2.45. The van der Waals surface area contributed by atoms with Crippen LogP contribution in [0.25, 0.3) is 0 Å². The normalized spacial score (nSPS) is 19.7. The molecular weight excluding hydrogens is 254 g/mol. The molecule has 118 valence electrons. The second-order valence-electron chi connectivity index (χ2n) is 6.57. The van der Waals surface area contributed by atoms with Gasteiger partial charge in [0.05, 0.1) is 0 Å². The van der Waals surface area contributed by atoms with Crippen molar-refractivity contribution < 1.29 is 9.53 Å². The maximum atomic E-state index is 12.1. The summed E-state index contributed by atoms with van der Waals surface area (Å²) in [6.45, 7) is 12.6. The Morgan fingerprint density at radius 3 is 2.75 bits per heavy atom. The molecule has 0 aromatic heterocycles. The van der Waals surface area contributed by atoms with Crippen LogP contribution in [0.2, 0.25) is 0 Å². The molecule has 0 saturated carbocycles. The van der Waals surface area contributed by atoms with Gasteiger partial charge in [0.25, 0.3) is 0 Å². The highest BCUT2D eigenvalue weighted by Gasteiger charge is 2.31. The molecule has 0 bridgehead atoms. The minimum Gasteiger partial charge on any atom is -0.444 e. The molecule has 1 atom stereocenters. The number of rotatable bonds is 6. The number of nitrogens with one attached hydrogen (secondary N) is 1. The van der Waals surface area contributed by atoms with Crippen molar-refractivity contribution in [2.45, 2.75) is 52.2 Å². The lowest BCUT2D eigenvalue weighted by atomic mass is 10.2. The maximum Gasteiger partial charge on any atom is 0.410 e. The summed E-state index contributed by atoms with van der Waals surface area (Å²) < 4.78 is 5.46. The zero-order valence-electron chi connectivity index (χ0n) is 13.7. The monoisotopic (exact) mass is 285 g/mol. The Bertz CT molecular complexity index is 302. The first-order chi connectivity index (χ1) is 9.33. The molecule has 1 aliphatic heterocycles. The maximum absolute atomic E-state index is 12.1. The van der Waals surface area contributed by atoms with Gasteiger partial charge >= 0.3 is 6.09 Å². The quantitative estimate of drug-likeness (QED) is 0.757. The van der Waals surface area contributed by atoms with Crippen molar-refractivity contribution in [2.75, 3.05) is 39.8 Å². The van der Waals surface area contributed by atoms with Crippen molar-refractivity contribution in [2.24, 2.45) is 0 Å². The first kappa shape index (κ1) is 17.2. The Kier molecular flexibility index (Phi) is 6.76. The van der Waals surface area contributed by atoms with E-state index < -0.39 is 5.60 Å². The van der Waals surface area contributed by atoms with Crippen LogP contribution in [0, 0.1) is 0 Å². The van der Waals surface area contributed by atoms with Gasteiger partial charge in [0.2, 0.25) is 0 Å². The Morgan fingerprint density at radius 2 is 2.15 bits per heavy atom. The van der Waals surface area contributed by atoms with Gasteiger partial charge in [0.15, 0.2) is 0 Å². The molecule has 20 heavy (non-hydrogen) atoms. The molecule has 5 nitrogen and oxygen atoms in total. The van der Waals surface area contributed by atoms with Crippen LogP contribution in [-0.4, -0.2) is 67.3 Å². The summed E-state index contributed by atoms with van der Waals surface area (Å²) in [5.41, 5.74) is -0.415. The minimum atomic E-state index is -0.415. The van der Waals surface area contributed by atoms with Crippen molar-refractivity contribution in [3.05, 3.63) is 0 Å². The van der Waals surface area contributed by atoms with Crippen LogP contribution in [0.15, 0.2) is 0 Å². The molecular formula is C15H31N3O2. The van der Waals surface area contributed by atoms with Crippen molar-refractivity contribution in [1.29, 1.82) is 0 Å². The van der Waals surface area contributed by atoms with E-state index in [4.69, 9.17) is 4.74 Å². The molecule has 1 rings (SSSR count). The van der Waals surface area contributed by atoms with Gasteiger partial charge in [0.1, 0.15) is 5.60 Å².